The minimum atomic E-state index is -0.300. The van der Waals surface area contributed by atoms with Gasteiger partial charge in [-0.25, -0.2) is 0 Å². The number of carbonyl (C=O) groups excluding carboxylic acids is 2. The Labute approximate surface area is 127 Å². The fourth-order valence-electron chi connectivity index (χ4n) is 2.81. The van der Waals surface area contributed by atoms with Crippen LogP contribution in [0.25, 0.3) is 0 Å². The summed E-state index contributed by atoms with van der Waals surface area (Å²) in [5.41, 5.74) is 0. The number of hydrogen-bond donors (Lipinski definition) is 0. The highest BCUT2D eigenvalue weighted by Gasteiger charge is 2.43. The molecule has 1 rings (SSSR count). The average molecular weight is 300 g/mol. The second-order valence-electron chi connectivity index (χ2n) is 5.95. The first-order chi connectivity index (χ1) is 9.86. The van der Waals surface area contributed by atoms with Crippen molar-refractivity contribution in [3.8, 4) is 0 Å². The van der Waals surface area contributed by atoms with Gasteiger partial charge in [-0.15, -0.1) is 0 Å². The van der Waals surface area contributed by atoms with Crippen molar-refractivity contribution < 1.29 is 23.8 Å². The van der Waals surface area contributed by atoms with E-state index in [2.05, 4.69) is 13.8 Å². The van der Waals surface area contributed by atoms with E-state index in [9.17, 15) is 9.59 Å². The van der Waals surface area contributed by atoms with Gasteiger partial charge < -0.3 is 14.2 Å². The monoisotopic (exact) mass is 300 g/mol. The topological polar surface area (TPSA) is 61.8 Å². The Morgan fingerprint density at radius 1 is 1.05 bits per heavy atom. The molecule has 122 valence electrons. The van der Waals surface area contributed by atoms with Gasteiger partial charge in [-0.05, 0) is 12.3 Å². The summed E-state index contributed by atoms with van der Waals surface area (Å²) < 4.78 is 16.7. The lowest BCUT2D eigenvalue weighted by Crippen LogP contribution is -2.52. The minimum absolute atomic E-state index is 0.124. The number of unbranched alkanes of at least 4 members (excludes halogenated alkanes) is 1. The molecule has 5 nitrogen and oxygen atoms in total. The van der Waals surface area contributed by atoms with E-state index in [1.807, 2.05) is 6.92 Å². The lowest BCUT2D eigenvalue weighted by atomic mass is 9.80. The van der Waals surface area contributed by atoms with Crippen LogP contribution in [0.1, 0.15) is 53.9 Å². The Morgan fingerprint density at radius 2 is 1.71 bits per heavy atom. The average Bonchev–Trinajstić information content (AvgIpc) is 2.41. The predicted octanol–water partition coefficient (Wildman–Crippen LogP) is 2.71. The highest BCUT2D eigenvalue weighted by Crippen LogP contribution is 2.34. The van der Waals surface area contributed by atoms with Crippen molar-refractivity contribution in [2.45, 2.75) is 72.2 Å². The summed E-state index contributed by atoms with van der Waals surface area (Å²) in [5, 5.41) is 0. The zero-order valence-corrected chi connectivity index (χ0v) is 13.8. The second-order valence-corrected chi connectivity index (χ2v) is 5.95. The molecule has 0 aromatic rings. The summed E-state index contributed by atoms with van der Waals surface area (Å²) in [4.78, 5) is 22.3. The Bertz CT molecular complexity index is 353. The first-order valence-corrected chi connectivity index (χ1v) is 7.82. The quantitative estimate of drug-likeness (QED) is 0.706. The molecule has 0 bridgehead atoms. The number of hydrogen-bond acceptors (Lipinski definition) is 5. The zero-order chi connectivity index (χ0) is 16.0. The first kappa shape index (κ1) is 18.0. The standard InChI is InChI=1S/C16H28O5/c1-6-7-8-14-16(20-13(5)18)11(3)10(2)15(21-14)9-19-12(4)17/h10-11,14-16H,6-9H2,1-5H3. The molecule has 1 saturated heterocycles. The smallest absolute Gasteiger partial charge is 0.303 e. The Kier molecular flexibility index (Phi) is 7.15. The molecule has 5 heteroatoms. The minimum Gasteiger partial charge on any atom is -0.463 e. The second kappa shape index (κ2) is 8.37. The van der Waals surface area contributed by atoms with Crippen LogP contribution < -0.4 is 0 Å². The van der Waals surface area contributed by atoms with E-state index in [4.69, 9.17) is 14.2 Å². The van der Waals surface area contributed by atoms with Gasteiger partial charge in [-0.1, -0.05) is 33.6 Å². The summed E-state index contributed by atoms with van der Waals surface area (Å²) in [6.07, 6.45) is 2.44. The normalized spacial score (nSPS) is 32.5. The van der Waals surface area contributed by atoms with Gasteiger partial charge in [-0.3, -0.25) is 9.59 Å². The number of esters is 2. The molecule has 1 fully saturated rings. The van der Waals surface area contributed by atoms with Crippen LogP contribution in [-0.4, -0.2) is 36.9 Å². The van der Waals surface area contributed by atoms with Crippen molar-refractivity contribution in [2.24, 2.45) is 11.8 Å². The molecule has 1 heterocycles. The van der Waals surface area contributed by atoms with Crippen LogP contribution in [0.4, 0.5) is 0 Å². The van der Waals surface area contributed by atoms with Crippen molar-refractivity contribution in [3.63, 3.8) is 0 Å². The highest BCUT2D eigenvalue weighted by atomic mass is 16.6. The fraction of sp³-hybridized carbons (Fsp3) is 0.875. The van der Waals surface area contributed by atoms with Crippen LogP contribution in [-0.2, 0) is 23.8 Å². The van der Waals surface area contributed by atoms with E-state index in [0.717, 1.165) is 19.3 Å². The summed E-state index contributed by atoms with van der Waals surface area (Å²) in [5.74, 6) is -0.245. The molecule has 0 aliphatic carbocycles. The fourth-order valence-corrected chi connectivity index (χ4v) is 2.81. The van der Waals surface area contributed by atoms with Gasteiger partial charge >= 0.3 is 11.9 Å². The van der Waals surface area contributed by atoms with Gasteiger partial charge in [0.05, 0.1) is 12.2 Å². The lowest BCUT2D eigenvalue weighted by molar-refractivity contribution is -0.204. The molecule has 1 aliphatic heterocycles. The van der Waals surface area contributed by atoms with Crippen molar-refractivity contribution in [3.05, 3.63) is 0 Å². The maximum atomic E-state index is 11.3. The molecule has 21 heavy (non-hydrogen) atoms. The van der Waals surface area contributed by atoms with Crippen LogP contribution in [0.15, 0.2) is 0 Å². The number of rotatable bonds is 6. The molecule has 0 aromatic carbocycles. The van der Waals surface area contributed by atoms with E-state index in [1.165, 1.54) is 13.8 Å². The van der Waals surface area contributed by atoms with Gasteiger partial charge in [-0.2, -0.15) is 0 Å². The van der Waals surface area contributed by atoms with Gasteiger partial charge in [0.15, 0.2) is 0 Å². The van der Waals surface area contributed by atoms with E-state index in [-0.39, 0.29) is 48.7 Å². The largest absolute Gasteiger partial charge is 0.463 e. The first-order valence-electron chi connectivity index (χ1n) is 7.82. The van der Waals surface area contributed by atoms with E-state index in [1.54, 1.807) is 0 Å². The van der Waals surface area contributed by atoms with Crippen molar-refractivity contribution in [1.29, 1.82) is 0 Å². The summed E-state index contributed by atoms with van der Waals surface area (Å²) >= 11 is 0. The van der Waals surface area contributed by atoms with E-state index in [0.29, 0.717) is 0 Å². The van der Waals surface area contributed by atoms with Crippen molar-refractivity contribution in [2.75, 3.05) is 6.61 Å². The molecular weight excluding hydrogens is 272 g/mol. The van der Waals surface area contributed by atoms with Crippen LogP contribution in [0.3, 0.4) is 0 Å². The Balaban J connectivity index is 2.77. The van der Waals surface area contributed by atoms with Gasteiger partial charge in [0, 0.05) is 19.8 Å². The van der Waals surface area contributed by atoms with Crippen LogP contribution in [0.2, 0.25) is 0 Å². The summed E-state index contributed by atoms with van der Waals surface area (Å²) in [7, 11) is 0. The molecule has 1 aliphatic rings. The Morgan fingerprint density at radius 3 is 2.24 bits per heavy atom. The van der Waals surface area contributed by atoms with Crippen LogP contribution in [0.5, 0.6) is 0 Å². The molecule has 0 spiro atoms. The zero-order valence-electron chi connectivity index (χ0n) is 13.8. The van der Waals surface area contributed by atoms with Crippen LogP contribution >= 0.6 is 0 Å². The molecule has 0 N–H and O–H groups in total. The van der Waals surface area contributed by atoms with Gasteiger partial charge in [0.2, 0.25) is 0 Å². The van der Waals surface area contributed by atoms with Crippen molar-refractivity contribution in [1.82, 2.24) is 0 Å². The third-order valence-electron chi connectivity index (χ3n) is 4.25. The third-order valence-corrected chi connectivity index (χ3v) is 4.25. The molecule has 0 saturated carbocycles. The van der Waals surface area contributed by atoms with Gasteiger partial charge in [0.1, 0.15) is 12.7 Å². The number of ether oxygens (including phenoxy) is 3. The number of carbonyl (C=O) groups is 2. The van der Waals surface area contributed by atoms with E-state index >= 15 is 0 Å². The maximum Gasteiger partial charge on any atom is 0.303 e. The molecule has 0 amide bonds. The molecule has 0 radical (unpaired) electrons. The van der Waals surface area contributed by atoms with Crippen molar-refractivity contribution >= 4 is 11.9 Å². The van der Waals surface area contributed by atoms with Gasteiger partial charge in [0.25, 0.3) is 0 Å². The van der Waals surface area contributed by atoms with E-state index < -0.39 is 0 Å². The summed E-state index contributed by atoms with van der Waals surface area (Å²) in [6, 6.07) is 0. The molecule has 0 aromatic heterocycles. The SMILES string of the molecule is CCCCC1OC(COC(C)=O)C(C)C(C)C1OC(C)=O. The molecular formula is C16H28O5. The highest BCUT2D eigenvalue weighted by molar-refractivity contribution is 5.66. The maximum absolute atomic E-state index is 11.3. The van der Waals surface area contributed by atoms with Crippen LogP contribution in [0, 0.1) is 11.8 Å². The third kappa shape index (κ3) is 5.30. The lowest BCUT2D eigenvalue weighted by Gasteiger charge is -2.44. The predicted molar refractivity (Wildman–Crippen MR) is 78.7 cm³/mol. The molecule has 5 atom stereocenters. The summed E-state index contributed by atoms with van der Waals surface area (Å²) in [6.45, 7) is 9.32. The molecule has 5 unspecified atom stereocenters. The Hall–Kier alpha value is -1.10.